The summed E-state index contributed by atoms with van der Waals surface area (Å²) in [4.78, 5) is 18.3. The molecule has 3 aromatic rings. The zero-order valence-electron chi connectivity index (χ0n) is 17.7. The fourth-order valence-electron chi connectivity index (χ4n) is 3.93. The Balaban J connectivity index is 0.00000256. The van der Waals surface area contributed by atoms with Gasteiger partial charge in [0.25, 0.3) is 5.91 Å². The molecule has 6 heteroatoms. The number of carbonyl (C=O) groups is 1. The Hall–Kier alpha value is -2.34. The van der Waals surface area contributed by atoms with Crippen molar-refractivity contribution in [2.24, 2.45) is 0 Å². The van der Waals surface area contributed by atoms with Gasteiger partial charge in [-0.25, -0.2) is 5.01 Å². The number of fused-ring (bicyclic) bond motifs is 1. The van der Waals surface area contributed by atoms with Gasteiger partial charge in [-0.1, -0.05) is 44.2 Å². The van der Waals surface area contributed by atoms with Crippen LogP contribution in [-0.4, -0.2) is 53.5 Å². The molecule has 1 saturated heterocycles. The Morgan fingerprint density at radius 2 is 1.73 bits per heavy atom. The van der Waals surface area contributed by atoms with Crippen molar-refractivity contribution in [1.82, 2.24) is 20.3 Å². The molecule has 0 bridgehead atoms. The van der Waals surface area contributed by atoms with Gasteiger partial charge in [0.1, 0.15) is 0 Å². The first kappa shape index (κ1) is 22.3. The number of para-hydroxylation sites is 1. The number of hydrogen-bond acceptors (Lipinski definition) is 3. The van der Waals surface area contributed by atoms with E-state index >= 15 is 0 Å². The van der Waals surface area contributed by atoms with Gasteiger partial charge in [-0.15, -0.1) is 12.4 Å². The number of aromatic amines is 1. The summed E-state index contributed by atoms with van der Waals surface area (Å²) in [6, 6.07) is 16.4. The molecule has 1 fully saturated rings. The van der Waals surface area contributed by atoms with Crippen LogP contribution in [0, 0.1) is 0 Å². The summed E-state index contributed by atoms with van der Waals surface area (Å²) in [5.74, 6) is 0.456. The summed E-state index contributed by atoms with van der Waals surface area (Å²) < 4.78 is 0. The summed E-state index contributed by atoms with van der Waals surface area (Å²) in [6.07, 6.45) is 3.17. The predicted octanol–water partition coefficient (Wildman–Crippen LogP) is 4.22. The average molecular weight is 427 g/mol. The second-order valence-corrected chi connectivity index (χ2v) is 8.16. The van der Waals surface area contributed by atoms with Crippen LogP contribution in [0.25, 0.3) is 10.9 Å². The average Bonchev–Trinajstić information content (AvgIpc) is 3.16. The molecule has 4 rings (SSSR count). The van der Waals surface area contributed by atoms with Crippen LogP contribution < -0.4 is 5.43 Å². The Labute approximate surface area is 184 Å². The fraction of sp³-hybridized carbons (Fsp3) is 0.375. The van der Waals surface area contributed by atoms with Crippen LogP contribution in [-0.2, 0) is 6.42 Å². The van der Waals surface area contributed by atoms with E-state index in [0.29, 0.717) is 5.92 Å². The number of aromatic nitrogens is 1. The van der Waals surface area contributed by atoms with Gasteiger partial charge in [-0.05, 0) is 41.7 Å². The molecule has 1 aromatic heterocycles. The van der Waals surface area contributed by atoms with Gasteiger partial charge >= 0.3 is 0 Å². The number of hydrogen-bond donors (Lipinski definition) is 2. The molecule has 5 nitrogen and oxygen atoms in total. The van der Waals surface area contributed by atoms with Gasteiger partial charge in [0.2, 0.25) is 0 Å². The number of amides is 1. The van der Waals surface area contributed by atoms with Crippen molar-refractivity contribution >= 4 is 29.2 Å². The summed E-state index contributed by atoms with van der Waals surface area (Å²) in [7, 11) is 0. The van der Waals surface area contributed by atoms with Crippen molar-refractivity contribution in [2.75, 3.05) is 32.7 Å². The van der Waals surface area contributed by atoms with E-state index in [2.05, 4.69) is 59.6 Å². The molecule has 0 atom stereocenters. The maximum Gasteiger partial charge on any atom is 0.265 e. The van der Waals surface area contributed by atoms with E-state index in [1.807, 2.05) is 29.3 Å². The highest BCUT2D eigenvalue weighted by atomic mass is 35.5. The summed E-state index contributed by atoms with van der Waals surface area (Å²) >= 11 is 0. The number of H-pyrrole nitrogens is 1. The zero-order chi connectivity index (χ0) is 20.2. The van der Waals surface area contributed by atoms with Crippen LogP contribution in [0.15, 0.2) is 54.7 Å². The lowest BCUT2D eigenvalue weighted by molar-refractivity contribution is 0.0622. The number of benzene rings is 2. The highest BCUT2D eigenvalue weighted by molar-refractivity contribution is 5.93. The maximum absolute atomic E-state index is 12.5. The third-order valence-corrected chi connectivity index (χ3v) is 5.84. The van der Waals surface area contributed by atoms with Crippen LogP contribution in [0.5, 0.6) is 0 Å². The smallest absolute Gasteiger partial charge is 0.265 e. The Kier molecular flexibility index (Phi) is 7.53. The van der Waals surface area contributed by atoms with Crippen LogP contribution in [0.4, 0.5) is 0 Å². The van der Waals surface area contributed by atoms with Gasteiger partial charge in [-0.3, -0.25) is 10.2 Å². The lowest BCUT2D eigenvalue weighted by Gasteiger charge is -2.34. The molecule has 0 unspecified atom stereocenters. The number of nitrogens with zero attached hydrogens (tertiary/aromatic N) is 2. The molecular weight excluding hydrogens is 396 g/mol. The summed E-state index contributed by atoms with van der Waals surface area (Å²) in [5.41, 5.74) is 7.62. The first-order valence-corrected chi connectivity index (χ1v) is 10.5. The summed E-state index contributed by atoms with van der Waals surface area (Å²) in [5, 5.41) is 3.36. The third kappa shape index (κ3) is 5.22. The molecule has 2 heterocycles. The molecule has 1 amide bonds. The predicted molar refractivity (Wildman–Crippen MR) is 125 cm³/mol. The number of piperazine rings is 1. The van der Waals surface area contributed by atoms with Crippen molar-refractivity contribution in [3.63, 3.8) is 0 Å². The van der Waals surface area contributed by atoms with Gasteiger partial charge in [0, 0.05) is 55.4 Å². The summed E-state index contributed by atoms with van der Waals surface area (Å²) in [6.45, 7) is 9.00. The molecule has 1 aliphatic rings. The minimum atomic E-state index is -0.0208. The van der Waals surface area contributed by atoms with E-state index in [0.717, 1.165) is 44.7 Å². The number of carbonyl (C=O) groups excluding carboxylic acids is 1. The van der Waals surface area contributed by atoms with Gasteiger partial charge in [0.15, 0.2) is 0 Å². The largest absolute Gasteiger partial charge is 0.361 e. The molecule has 0 aliphatic carbocycles. The van der Waals surface area contributed by atoms with E-state index in [4.69, 9.17) is 0 Å². The van der Waals surface area contributed by atoms with E-state index in [1.165, 1.54) is 22.0 Å². The molecule has 0 spiro atoms. The Morgan fingerprint density at radius 3 is 2.43 bits per heavy atom. The SMILES string of the molecule is CC(C)c1ccc(C(=O)NN2CCN(CCc3c[nH]c4ccccc34)CC2)cc1.Cl. The van der Waals surface area contributed by atoms with Crippen LogP contribution in [0.2, 0.25) is 0 Å². The monoisotopic (exact) mass is 426 g/mol. The van der Waals surface area contributed by atoms with Gasteiger partial charge in [-0.2, -0.15) is 0 Å². The number of nitrogens with one attached hydrogen (secondary N) is 2. The van der Waals surface area contributed by atoms with Crippen molar-refractivity contribution in [3.8, 4) is 0 Å². The quantitative estimate of drug-likeness (QED) is 0.620. The van der Waals surface area contributed by atoms with Crippen molar-refractivity contribution in [1.29, 1.82) is 0 Å². The first-order chi connectivity index (χ1) is 14.1. The molecule has 1 aliphatic heterocycles. The lowest BCUT2D eigenvalue weighted by Crippen LogP contribution is -2.53. The number of hydrazine groups is 1. The lowest BCUT2D eigenvalue weighted by atomic mass is 10.0. The minimum absolute atomic E-state index is 0. The topological polar surface area (TPSA) is 51.4 Å². The van der Waals surface area contributed by atoms with Crippen LogP contribution in [0.3, 0.4) is 0 Å². The number of halogens is 1. The third-order valence-electron chi connectivity index (χ3n) is 5.84. The van der Waals surface area contributed by atoms with Crippen molar-refractivity contribution in [2.45, 2.75) is 26.2 Å². The molecule has 160 valence electrons. The number of rotatable bonds is 6. The van der Waals surface area contributed by atoms with Crippen molar-refractivity contribution in [3.05, 3.63) is 71.4 Å². The molecule has 0 saturated carbocycles. The van der Waals surface area contributed by atoms with Crippen molar-refractivity contribution < 1.29 is 4.79 Å². The van der Waals surface area contributed by atoms with E-state index in [9.17, 15) is 4.79 Å². The minimum Gasteiger partial charge on any atom is -0.361 e. The van der Waals surface area contributed by atoms with Gasteiger partial charge in [0.05, 0.1) is 0 Å². The van der Waals surface area contributed by atoms with E-state index < -0.39 is 0 Å². The Morgan fingerprint density at radius 1 is 1.03 bits per heavy atom. The molecule has 0 radical (unpaired) electrons. The normalized spacial score (nSPS) is 15.3. The second-order valence-electron chi connectivity index (χ2n) is 8.16. The van der Waals surface area contributed by atoms with E-state index in [-0.39, 0.29) is 18.3 Å². The first-order valence-electron chi connectivity index (χ1n) is 10.5. The highest BCUT2D eigenvalue weighted by Gasteiger charge is 2.19. The Bertz CT molecular complexity index is 959. The standard InChI is InChI=1S/C24H30N4O.ClH/c1-18(2)19-7-9-20(10-8-19)24(29)26-28-15-13-27(14-16-28)12-11-21-17-25-23-6-4-3-5-22(21)23;/h3-10,17-18,25H,11-16H2,1-2H3,(H,26,29);1H. The molecular formula is C24H31ClN4O. The zero-order valence-corrected chi connectivity index (χ0v) is 18.5. The van der Waals surface area contributed by atoms with E-state index in [1.54, 1.807) is 0 Å². The molecule has 30 heavy (non-hydrogen) atoms. The molecule has 2 N–H and O–H groups in total. The second kappa shape index (κ2) is 10.1. The van der Waals surface area contributed by atoms with Crippen LogP contribution in [0.1, 0.15) is 41.3 Å². The molecule has 2 aromatic carbocycles. The maximum atomic E-state index is 12.5. The van der Waals surface area contributed by atoms with Crippen LogP contribution >= 0.6 is 12.4 Å². The fourth-order valence-corrected chi connectivity index (χ4v) is 3.93. The highest BCUT2D eigenvalue weighted by Crippen LogP contribution is 2.18. The van der Waals surface area contributed by atoms with Gasteiger partial charge < -0.3 is 9.88 Å².